The zero-order valence-corrected chi connectivity index (χ0v) is 26.0. The Morgan fingerprint density at radius 3 is 1.53 bits per heavy atom. The molecule has 1 spiro atoms. The Morgan fingerprint density at radius 2 is 1.06 bits per heavy atom. The third-order valence-electron chi connectivity index (χ3n) is 13.5. The van der Waals surface area contributed by atoms with Crippen molar-refractivity contribution >= 4 is 11.9 Å². The second-order valence-corrected chi connectivity index (χ2v) is 14.9. The monoisotopic (exact) mass is 634 g/mol. The fraction of sp³-hybridized carbons (Fsp3) is 0.459. The SMILES string of the molecule is CN1CC2(c3ccc4c(c3)OCO4)C3C1OC(=O)/C=C\C(=O)OC1C4C5C=CC(C4(c4ccc6c(c4)OCO6)CN1C)C51C3C=CC21. The lowest BCUT2D eigenvalue weighted by atomic mass is 9.59. The topological polar surface area (TPSA) is 96.0 Å². The van der Waals surface area contributed by atoms with Gasteiger partial charge in [0.25, 0.3) is 0 Å². The molecule has 47 heavy (non-hydrogen) atoms. The van der Waals surface area contributed by atoms with Crippen molar-refractivity contribution in [3.63, 3.8) is 0 Å². The third-order valence-corrected chi connectivity index (χ3v) is 13.5. The highest BCUT2D eigenvalue weighted by Gasteiger charge is 2.85. The molecule has 10 nitrogen and oxygen atoms in total. The van der Waals surface area contributed by atoms with Crippen molar-refractivity contribution < 1.29 is 38.0 Å². The average molecular weight is 635 g/mol. The van der Waals surface area contributed by atoms with Crippen LogP contribution in [-0.2, 0) is 29.9 Å². The number of allylic oxidation sites excluding steroid dienone is 4. The van der Waals surface area contributed by atoms with Crippen molar-refractivity contribution in [2.45, 2.75) is 23.3 Å². The van der Waals surface area contributed by atoms with Gasteiger partial charge in [0, 0.05) is 47.9 Å². The van der Waals surface area contributed by atoms with Crippen LogP contribution in [0.15, 0.2) is 72.9 Å². The molecule has 4 aliphatic carbocycles. The lowest BCUT2D eigenvalue weighted by Gasteiger charge is -2.45. The van der Waals surface area contributed by atoms with E-state index in [1.165, 1.54) is 23.3 Å². The summed E-state index contributed by atoms with van der Waals surface area (Å²) in [6, 6.07) is 12.8. The molecule has 10 heteroatoms. The summed E-state index contributed by atoms with van der Waals surface area (Å²) in [5, 5.41) is 0. The predicted molar refractivity (Wildman–Crippen MR) is 164 cm³/mol. The molecule has 0 radical (unpaired) electrons. The summed E-state index contributed by atoms with van der Waals surface area (Å²) in [7, 11) is 4.09. The quantitative estimate of drug-likeness (QED) is 0.362. The van der Waals surface area contributed by atoms with Gasteiger partial charge in [0.15, 0.2) is 35.5 Å². The molecule has 11 rings (SSSR count). The van der Waals surface area contributed by atoms with E-state index in [-0.39, 0.29) is 65.3 Å². The number of esters is 2. The number of nitrogens with zero attached hydrogens (tertiary/aromatic N) is 2. The van der Waals surface area contributed by atoms with Gasteiger partial charge in [-0.25, -0.2) is 9.59 Å². The molecule has 9 aliphatic rings. The molecule has 0 amide bonds. The minimum atomic E-state index is -0.541. The van der Waals surface area contributed by atoms with Crippen LogP contribution < -0.4 is 18.9 Å². The first kappa shape index (κ1) is 26.8. The average Bonchev–Trinajstić information content (AvgIpc) is 3.93. The Kier molecular flexibility index (Phi) is 4.89. The minimum absolute atomic E-state index is 0.0219. The van der Waals surface area contributed by atoms with Crippen LogP contribution in [0.25, 0.3) is 0 Å². The first-order valence-corrected chi connectivity index (χ1v) is 16.5. The number of likely N-dealkylation sites (tertiary alicyclic amines) is 2. The fourth-order valence-electron chi connectivity index (χ4n) is 12.4. The van der Waals surface area contributed by atoms with Crippen molar-refractivity contribution in [3.8, 4) is 23.0 Å². The van der Waals surface area contributed by atoms with Crippen molar-refractivity contribution in [1.29, 1.82) is 0 Å². The van der Waals surface area contributed by atoms with E-state index >= 15 is 0 Å². The smallest absolute Gasteiger partial charge is 0.332 e. The summed E-state index contributed by atoms with van der Waals surface area (Å²) >= 11 is 0. The third kappa shape index (κ3) is 2.90. The molecular formula is C37H34N2O8. The molecule has 10 unspecified atom stereocenters. The molecule has 240 valence electrons. The van der Waals surface area contributed by atoms with Gasteiger partial charge >= 0.3 is 11.9 Å². The number of ether oxygens (including phenoxy) is 6. The van der Waals surface area contributed by atoms with Crippen LogP contribution in [0.2, 0.25) is 0 Å². The summed E-state index contributed by atoms with van der Waals surface area (Å²) in [5.74, 6) is 2.35. The first-order chi connectivity index (χ1) is 22.9. The van der Waals surface area contributed by atoms with E-state index in [2.05, 4.69) is 58.4 Å². The molecule has 5 aliphatic heterocycles. The van der Waals surface area contributed by atoms with Crippen molar-refractivity contribution in [2.24, 2.45) is 40.9 Å². The zero-order valence-electron chi connectivity index (χ0n) is 26.0. The predicted octanol–water partition coefficient (Wildman–Crippen LogP) is 3.37. The summed E-state index contributed by atoms with van der Waals surface area (Å²) < 4.78 is 36.0. The maximum atomic E-state index is 13.3. The van der Waals surface area contributed by atoms with Crippen LogP contribution in [0.3, 0.4) is 0 Å². The summed E-state index contributed by atoms with van der Waals surface area (Å²) in [5.41, 5.74) is 1.43. The second kappa shape index (κ2) is 8.59. The normalized spacial score (nSPS) is 44.8. The first-order valence-electron chi connectivity index (χ1n) is 16.5. The fourth-order valence-corrected chi connectivity index (χ4v) is 12.4. The second-order valence-electron chi connectivity index (χ2n) is 14.9. The number of likely N-dealkylation sites (N-methyl/N-ethyl adjacent to an activating group) is 2. The summed E-state index contributed by atoms with van der Waals surface area (Å²) in [6.07, 6.45) is 11.2. The molecule has 5 heterocycles. The molecule has 0 aromatic heterocycles. The molecule has 10 atom stereocenters. The highest BCUT2D eigenvalue weighted by atomic mass is 16.7. The molecule has 2 saturated heterocycles. The Balaban J connectivity index is 1.17. The summed E-state index contributed by atoms with van der Waals surface area (Å²) in [6.45, 7) is 1.84. The Morgan fingerprint density at radius 1 is 0.617 bits per heavy atom. The number of carbonyl (C=O) groups is 2. The van der Waals surface area contributed by atoms with Gasteiger partial charge in [-0.2, -0.15) is 0 Å². The largest absolute Gasteiger partial charge is 0.454 e. The van der Waals surface area contributed by atoms with Crippen molar-refractivity contribution in [2.75, 3.05) is 40.8 Å². The molecule has 4 fully saturated rings. The van der Waals surface area contributed by atoms with Crippen molar-refractivity contribution in [1.82, 2.24) is 9.80 Å². The van der Waals surface area contributed by atoms with E-state index in [0.29, 0.717) is 13.1 Å². The maximum Gasteiger partial charge on any atom is 0.332 e. The number of fused-ring (bicyclic) bond motifs is 4. The van der Waals surface area contributed by atoms with Crippen LogP contribution in [0.1, 0.15) is 11.1 Å². The van der Waals surface area contributed by atoms with E-state index in [9.17, 15) is 9.59 Å². The van der Waals surface area contributed by atoms with Crippen molar-refractivity contribution in [3.05, 3.63) is 84.0 Å². The Bertz CT molecular complexity index is 1750. The molecular weight excluding hydrogens is 600 g/mol. The van der Waals surface area contributed by atoms with Crippen LogP contribution in [-0.4, -0.2) is 75.0 Å². The zero-order chi connectivity index (χ0) is 31.4. The number of carbonyl (C=O) groups excluding carboxylic acids is 2. The van der Waals surface area contributed by atoms with E-state index in [4.69, 9.17) is 28.4 Å². The summed E-state index contributed by atoms with van der Waals surface area (Å²) in [4.78, 5) is 31.1. The number of hydrogen-bond donors (Lipinski definition) is 0. The molecule has 2 aromatic carbocycles. The highest BCUT2D eigenvalue weighted by Crippen LogP contribution is 2.83. The Labute approximate surface area is 271 Å². The van der Waals surface area contributed by atoms with Crippen LogP contribution in [0.5, 0.6) is 23.0 Å². The lowest BCUT2D eigenvalue weighted by Crippen LogP contribution is -2.47. The van der Waals surface area contributed by atoms with E-state index in [1.807, 2.05) is 26.2 Å². The van der Waals surface area contributed by atoms with Gasteiger partial charge in [-0.3, -0.25) is 9.80 Å². The van der Waals surface area contributed by atoms with Crippen LogP contribution >= 0.6 is 0 Å². The molecule has 0 N–H and O–H groups in total. The van der Waals surface area contributed by atoms with E-state index < -0.39 is 24.4 Å². The van der Waals surface area contributed by atoms with Gasteiger partial charge < -0.3 is 28.4 Å². The number of benzene rings is 2. The molecule has 2 aromatic rings. The molecule has 7 bridgehead atoms. The lowest BCUT2D eigenvalue weighted by molar-refractivity contribution is -0.156. The minimum Gasteiger partial charge on any atom is -0.454 e. The van der Waals surface area contributed by atoms with Gasteiger partial charge in [-0.1, -0.05) is 36.4 Å². The maximum absolute atomic E-state index is 13.3. The van der Waals surface area contributed by atoms with Gasteiger partial charge in [-0.05, 0) is 78.6 Å². The highest BCUT2D eigenvalue weighted by molar-refractivity contribution is 5.92. The number of rotatable bonds is 2. The molecule has 2 saturated carbocycles. The van der Waals surface area contributed by atoms with Gasteiger partial charge in [0.2, 0.25) is 13.6 Å². The van der Waals surface area contributed by atoms with Gasteiger partial charge in [-0.15, -0.1) is 0 Å². The van der Waals surface area contributed by atoms with E-state index in [1.54, 1.807) is 0 Å². The van der Waals surface area contributed by atoms with E-state index in [0.717, 1.165) is 23.0 Å². The van der Waals surface area contributed by atoms with Gasteiger partial charge in [0.05, 0.1) is 0 Å². The van der Waals surface area contributed by atoms with Crippen LogP contribution in [0.4, 0.5) is 0 Å². The standard InChI is InChI=1S/C37H34N2O8/c1-38-15-35(19-3-7-23-25(13-19)44-17-42-23)27-9-5-21-31(35)33(38)46-29(40)11-12-30(41)47-34-32-22-6-10-28(37(21,22)27)36(32,16-39(34)2)20-4-8-24-26(14-20)45-18-43-24/h3-14,21-22,27-28,31-34H,15-18H2,1-2H3/b12-11-. The Hall–Kier alpha value is -4.28. The van der Waals surface area contributed by atoms with Crippen LogP contribution in [0, 0.1) is 40.9 Å². The number of hydrogen-bond acceptors (Lipinski definition) is 10. The van der Waals surface area contributed by atoms with Gasteiger partial charge in [0.1, 0.15) is 0 Å².